The average Bonchev–Trinajstić information content (AvgIpc) is 2.65. The van der Waals surface area contributed by atoms with Gasteiger partial charge < -0.3 is 16.0 Å². The second-order valence-electron chi connectivity index (χ2n) is 6.96. The number of para-hydroxylation sites is 1. The van der Waals surface area contributed by atoms with E-state index in [0.717, 1.165) is 22.2 Å². The first-order valence-electron chi connectivity index (χ1n) is 9.23. The minimum atomic E-state index is -0.240. The molecule has 0 aliphatic heterocycles. The zero-order chi connectivity index (χ0) is 20.1. The molecule has 0 saturated heterocycles. The number of amides is 3. The highest BCUT2D eigenvalue weighted by atomic mass is 16.2. The van der Waals surface area contributed by atoms with E-state index in [1.165, 1.54) is 0 Å². The third-order valence-electron chi connectivity index (χ3n) is 4.17. The SMILES string of the molecule is Cc1cc(C(=O)NCc2ccc(NC(=O)NC(C)C)cc2)c2ccccc2n1. The molecular weight excluding hydrogens is 352 g/mol. The van der Waals surface area contributed by atoms with Gasteiger partial charge in [0.1, 0.15) is 0 Å². The summed E-state index contributed by atoms with van der Waals surface area (Å²) < 4.78 is 0. The molecule has 0 spiro atoms. The molecule has 0 saturated carbocycles. The summed E-state index contributed by atoms with van der Waals surface area (Å²) in [6.45, 7) is 6.08. The van der Waals surface area contributed by atoms with E-state index in [1.54, 1.807) is 6.07 Å². The molecule has 144 valence electrons. The van der Waals surface area contributed by atoms with Gasteiger partial charge in [-0.1, -0.05) is 30.3 Å². The van der Waals surface area contributed by atoms with Crippen LogP contribution in [-0.2, 0) is 6.54 Å². The molecule has 2 aromatic carbocycles. The molecule has 1 heterocycles. The van der Waals surface area contributed by atoms with E-state index < -0.39 is 0 Å². The summed E-state index contributed by atoms with van der Waals surface area (Å²) in [5, 5.41) is 9.33. The number of fused-ring (bicyclic) bond motifs is 1. The van der Waals surface area contributed by atoms with Crippen molar-refractivity contribution >= 4 is 28.5 Å². The minimum Gasteiger partial charge on any atom is -0.348 e. The van der Waals surface area contributed by atoms with Crippen LogP contribution in [0.25, 0.3) is 10.9 Å². The Morgan fingerprint density at radius 1 is 1.04 bits per heavy atom. The third kappa shape index (κ3) is 4.85. The van der Waals surface area contributed by atoms with Crippen LogP contribution in [0.1, 0.15) is 35.5 Å². The molecule has 1 aromatic heterocycles. The lowest BCUT2D eigenvalue weighted by molar-refractivity contribution is 0.0952. The predicted octanol–water partition coefficient (Wildman–Crippen LogP) is 4.00. The maximum atomic E-state index is 12.7. The standard InChI is InChI=1S/C22H24N4O2/c1-14(2)24-22(28)26-17-10-8-16(9-11-17)13-23-21(27)19-12-15(3)25-20-7-5-4-6-18(19)20/h4-12,14H,13H2,1-3H3,(H,23,27)(H2,24,26,28). The number of carbonyl (C=O) groups excluding carboxylic acids is 2. The van der Waals surface area contributed by atoms with Gasteiger partial charge in [0, 0.05) is 29.4 Å². The minimum absolute atomic E-state index is 0.0717. The second-order valence-corrected chi connectivity index (χ2v) is 6.96. The van der Waals surface area contributed by atoms with Gasteiger partial charge in [-0.25, -0.2) is 4.79 Å². The maximum absolute atomic E-state index is 12.7. The number of hydrogen-bond acceptors (Lipinski definition) is 3. The lowest BCUT2D eigenvalue weighted by Gasteiger charge is -2.11. The number of aryl methyl sites for hydroxylation is 1. The number of rotatable bonds is 5. The number of carbonyl (C=O) groups is 2. The number of aromatic nitrogens is 1. The number of anilines is 1. The van der Waals surface area contributed by atoms with E-state index in [2.05, 4.69) is 20.9 Å². The van der Waals surface area contributed by atoms with Crippen LogP contribution in [0.4, 0.5) is 10.5 Å². The van der Waals surface area contributed by atoms with Gasteiger partial charge in [-0.15, -0.1) is 0 Å². The Bertz CT molecular complexity index is 997. The van der Waals surface area contributed by atoms with Gasteiger partial charge in [-0.3, -0.25) is 9.78 Å². The van der Waals surface area contributed by atoms with Crippen molar-refractivity contribution in [2.45, 2.75) is 33.4 Å². The zero-order valence-corrected chi connectivity index (χ0v) is 16.2. The lowest BCUT2D eigenvalue weighted by Crippen LogP contribution is -2.34. The number of pyridine rings is 1. The number of nitrogens with zero attached hydrogens (tertiary/aromatic N) is 1. The smallest absolute Gasteiger partial charge is 0.319 e. The van der Waals surface area contributed by atoms with E-state index in [-0.39, 0.29) is 18.0 Å². The molecule has 0 fully saturated rings. The molecule has 0 aliphatic carbocycles. The van der Waals surface area contributed by atoms with Gasteiger partial charge >= 0.3 is 6.03 Å². The molecule has 6 heteroatoms. The number of urea groups is 1. The molecule has 3 amide bonds. The van der Waals surface area contributed by atoms with Crippen molar-refractivity contribution in [3.8, 4) is 0 Å². The van der Waals surface area contributed by atoms with Crippen molar-refractivity contribution in [2.24, 2.45) is 0 Å². The summed E-state index contributed by atoms with van der Waals surface area (Å²) in [5.41, 5.74) is 3.87. The Kier molecular flexibility index (Phi) is 5.89. The summed E-state index contributed by atoms with van der Waals surface area (Å²) in [7, 11) is 0. The monoisotopic (exact) mass is 376 g/mol. The van der Waals surface area contributed by atoms with Crippen molar-refractivity contribution in [3.05, 3.63) is 71.4 Å². The Hall–Kier alpha value is -3.41. The van der Waals surface area contributed by atoms with Gasteiger partial charge in [0.25, 0.3) is 5.91 Å². The molecule has 3 aromatic rings. The summed E-state index contributed by atoms with van der Waals surface area (Å²) in [4.78, 5) is 28.9. The molecule has 0 aliphatic rings. The van der Waals surface area contributed by atoms with Gasteiger partial charge in [-0.05, 0) is 50.6 Å². The van der Waals surface area contributed by atoms with Crippen LogP contribution in [0.5, 0.6) is 0 Å². The Balaban J connectivity index is 1.65. The van der Waals surface area contributed by atoms with Crippen LogP contribution in [0.3, 0.4) is 0 Å². The Morgan fingerprint density at radius 2 is 1.75 bits per heavy atom. The van der Waals surface area contributed by atoms with E-state index in [4.69, 9.17) is 0 Å². The molecule has 0 atom stereocenters. The fourth-order valence-electron chi connectivity index (χ4n) is 2.91. The van der Waals surface area contributed by atoms with Crippen molar-refractivity contribution in [1.29, 1.82) is 0 Å². The second kappa shape index (κ2) is 8.52. The van der Waals surface area contributed by atoms with Crippen LogP contribution in [0.15, 0.2) is 54.6 Å². The highest BCUT2D eigenvalue weighted by Crippen LogP contribution is 2.18. The summed E-state index contributed by atoms with van der Waals surface area (Å²) in [6, 6.07) is 16.6. The van der Waals surface area contributed by atoms with E-state index >= 15 is 0 Å². The Labute approximate surface area is 164 Å². The largest absolute Gasteiger partial charge is 0.348 e. The van der Waals surface area contributed by atoms with Crippen molar-refractivity contribution in [2.75, 3.05) is 5.32 Å². The molecule has 0 radical (unpaired) electrons. The molecule has 3 N–H and O–H groups in total. The molecule has 0 unspecified atom stereocenters. The van der Waals surface area contributed by atoms with Crippen LogP contribution in [0.2, 0.25) is 0 Å². The van der Waals surface area contributed by atoms with Crippen molar-refractivity contribution in [3.63, 3.8) is 0 Å². The molecule has 3 rings (SSSR count). The fraction of sp³-hybridized carbons (Fsp3) is 0.227. The van der Waals surface area contributed by atoms with Crippen molar-refractivity contribution < 1.29 is 9.59 Å². The van der Waals surface area contributed by atoms with Crippen LogP contribution < -0.4 is 16.0 Å². The van der Waals surface area contributed by atoms with E-state index in [0.29, 0.717) is 17.8 Å². The van der Waals surface area contributed by atoms with E-state index in [1.807, 2.05) is 69.3 Å². The highest BCUT2D eigenvalue weighted by Gasteiger charge is 2.11. The maximum Gasteiger partial charge on any atom is 0.319 e. The van der Waals surface area contributed by atoms with Crippen LogP contribution in [0, 0.1) is 6.92 Å². The molecular formula is C22H24N4O2. The Morgan fingerprint density at radius 3 is 2.46 bits per heavy atom. The first kappa shape index (κ1) is 19.4. The summed E-state index contributed by atoms with van der Waals surface area (Å²) >= 11 is 0. The van der Waals surface area contributed by atoms with Gasteiger partial charge in [0.2, 0.25) is 0 Å². The first-order valence-corrected chi connectivity index (χ1v) is 9.23. The van der Waals surface area contributed by atoms with Gasteiger partial charge in [-0.2, -0.15) is 0 Å². The van der Waals surface area contributed by atoms with Crippen LogP contribution in [-0.4, -0.2) is 23.0 Å². The summed E-state index contributed by atoms with van der Waals surface area (Å²) in [6.07, 6.45) is 0. The van der Waals surface area contributed by atoms with Gasteiger partial charge in [0.05, 0.1) is 11.1 Å². The first-order chi connectivity index (χ1) is 13.4. The summed E-state index contributed by atoms with van der Waals surface area (Å²) in [5.74, 6) is -0.139. The third-order valence-corrected chi connectivity index (χ3v) is 4.17. The number of nitrogens with one attached hydrogen (secondary N) is 3. The fourth-order valence-corrected chi connectivity index (χ4v) is 2.91. The quantitative estimate of drug-likeness (QED) is 0.629. The molecule has 6 nitrogen and oxygen atoms in total. The van der Waals surface area contributed by atoms with E-state index in [9.17, 15) is 9.59 Å². The lowest BCUT2D eigenvalue weighted by atomic mass is 10.1. The van der Waals surface area contributed by atoms with Crippen molar-refractivity contribution in [1.82, 2.24) is 15.6 Å². The average molecular weight is 376 g/mol. The normalized spacial score (nSPS) is 10.7. The number of hydrogen-bond donors (Lipinski definition) is 3. The molecule has 28 heavy (non-hydrogen) atoms. The highest BCUT2D eigenvalue weighted by molar-refractivity contribution is 6.06. The topological polar surface area (TPSA) is 83.1 Å². The van der Waals surface area contributed by atoms with Crippen LogP contribution >= 0.6 is 0 Å². The molecule has 0 bridgehead atoms. The predicted molar refractivity (Wildman–Crippen MR) is 111 cm³/mol. The number of benzene rings is 2. The zero-order valence-electron chi connectivity index (χ0n) is 16.2. The van der Waals surface area contributed by atoms with Gasteiger partial charge in [0.15, 0.2) is 0 Å².